The first-order chi connectivity index (χ1) is 9.20. The minimum Gasteiger partial charge on any atom is -0.321 e. The molecule has 0 atom stereocenters. The molecule has 19 heavy (non-hydrogen) atoms. The quantitative estimate of drug-likeness (QED) is 0.681. The van der Waals surface area contributed by atoms with Crippen molar-refractivity contribution in [3.8, 4) is 5.40 Å². The average Bonchev–Trinajstić information content (AvgIpc) is 2.43. The van der Waals surface area contributed by atoms with E-state index in [4.69, 9.17) is 16.9 Å². The van der Waals surface area contributed by atoms with Crippen LogP contribution in [0, 0.1) is 10.7 Å². The fourth-order valence-electron chi connectivity index (χ4n) is 1.52. The molecule has 0 aliphatic carbocycles. The van der Waals surface area contributed by atoms with Crippen LogP contribution in [-0.2, 0) is 0 Å². The second kappa shape index (κ2) is 6.28. The van der Waals surface area contributed by atoms with E-state index in [1.54, 1.807) is 42.5 Å². The zero-order valence-electron chi connectivity index (χ0n) is 9.76. The van der Waals surface area contributed by atoms with Crippen LogP contribution >= 0.6 is 23.4 Å². The Morgan fingerprint density at radius 3 is 2.63 bits per heavy atom. The van der Waals surface area contributed by atoms with Crippen molar-refractivity contribution in [3.05, 3.63) is 59.1 Å². The third kappa shape index (κ3) is 3.50. The Morgan fingerprint density at radius 2 is 1.95 bits per heavy atom. The van der Waals surface area contributed by atoms with Crippen LogP contribution in [0.1, 0.15) is 10.4 Å². The Hall–Kier alpha value is -1.96. The number of nitrogens with one attached hydrogen (secondary N) is 1. The van der Waals surface area contributed by atoms with Crippen molar-refractivity contribution >= 4 is 35.0 Å². The van der Waals surface area contributed by atoms with Crippen molar-refractivity contribution in [2.24, 2.45) is 0 Å². The normalized spacial score (nSPS) is 9.68. The molecule has 0 saturated carbocycles. The first-order valence-corrected chi connectivity index (χ1v) is 6.62. The molecule has 0 fully saturated rings. The summed E-state index contributed by atoms with van der Waals surface area (Å²) in [5, 5.41) is 14.0. The molecule has 0 saturated heterocycles. The van der Waals surface area contributed by atoms with Gasteiger partial charge in [-0.3, -0.25) is 4.79 Å². The second-order valence-corrected chi connectivity index (χ2v) is 4.92. The molecule has 0 aliphatic heterocycles. The number of thiocyanates is 1. The van der Waals surface area contributed by atoms with Crippen LogP contribution in [0.3, 0.4) is 0 Å². The summed E-state index contributed by atoms with van der Waals surface area (Å²) in [6.45, 7) is 0. The smallest absolute Gasteiger partial charge is 0.255 e. The topological polar surface area (TPSA) is 52.9 Å². The maximum atomic E-state index is 12.0. The molecule has 1 N–H and O–H groups in total. The molecule has 3 nitrogen and oxygen atoms in total. The number of nitrogens with zero attached hydrogens (tertiary/aromatic N) is 1. The van der Waals surface area contributed by atoms with Gasteiger partial charge in [0.25, 0.3) is 5.91 Å². The monoisotopic (exact) mass is 288 g/mol. The van der Waals surface area contributed by atoms with Crippen LogP contribution in [0.25, 0.3) is 0 Å². The molecule has 1 amide bonds. The largest absolute Gasteiger partial charge is 0.321 e. The molecule has 0 aromatic heterocycles. The van der Waals surface area contributed by atoms with Gasteiger partial charge in [0.1, 0.15) is 5.40 Å². The maximum absolute atomic E-state index is 12.0. The summed E-state index contributed by atoms with van der Waals surface area (Å²) in [4.78, 5) is 12.6. The lowest BCUT2D eigenvalue weighted by Crippen LogP contribution is -2.12. The zero-order valence-corrected chi connectivity index (χ0v) is 11.3. The van der Waals surface area contributed by atoms with E-state index >= 15 is 0 Å². The highest BCUT2D eigenvalue weighted by Gasteiger charge is 2.09. The molecule has 0 heterocycles. The maximum Gasteiger partial charge on any atom is 0.255 e. The SMILES string of the molecule is N#CSc1cc(Cl)ccc1NC(=O)c1ccccc1. The number of benzene rings is 2. The molecule has 5 heteroatoms. The Kier molecular flexibility index (Phi) is 4.45. The minimum atomic E-state index is -0.220. The first-order valence-electron chi connectivity index (χ1n) is 5.42. The van der Waals surface area contributed by atoms with Gasteiger partial charge in [-0.05, 0) is 42.1 Å². The molecular formula is C14H9ClN2OS. The number of halogens is 1. The lowest BCUT2D eigenvalue weighted by atomic mass is 10.2. The predicted octanol–water partition coefficient (Wildman–Crippen LogP) is 4.17. The van der Waals surface area contributed by atoms with Gasteiger partial charge in [-0.15, -0.1) is 0 Å². The number of carbonyl (C=O) groups is 1. The van der Waals surface area contributed by atoms with Gasteiger partial charge in [0, 0.05) is 15.5 Å². The summed E-state index contributed by atoms with van der Waals surface area (Å²) in [5.41, 5.74) is 1.13. The van der Waals surface area contributed by atoms with Gasteiger partial charge in [0.05, 0.1) is 5.69 Å². The number of hydrogen-bond donors (Lipinski definition) is 1. The van der Waals surface area contributed by atoms with E-state index in [1.807, 2.05) is 11.5 Å². The van der Waals surface area contributed by atoms with Crippen LogP contribution in [0.2, 0.25) is 5.02 Å². The first kappa shape index (κ1) is 13.5. The molecular weight excluding hydrogens is 280 g/mol. The highest BCUT2D eigenvalue weighted by molar-refractivity contribution is 8.03. The van der Waals surface area contributed by atoms with Crippen LogP contribution in [0.15, 0.2) is 53.4 Å². The molecule has 0 radical (unpaired) electrons. The fourth-order valence-corrected chi connectivity index (χ4v) is 2.27. The predicted molar refractivity (Wildman–Crippen MR) is 77.3 cm³/mol. The Balaban J connectivity index is 2.24. The number of nitriles is 1. The minimum absolute atomic E-state index is 0.220. The number of thioether (sulfide) groups is 1. The lowest BCUT2D eigenvalue weighted by molar-refractivity contribution is 0.102. The Labute approximate surface area is 120 Å². The number of hydrogen-bond acceptors (Lipinski definition) is 3. The second-order valence-electron chi connectivity index (χ2n) is 3.65. The van der Waals surface area contributed by atoms with Crippen molar-refractivity contribution in [3.63, 3.8) is 0 Å². The standard InChI is InChI=1S/C14H9ClN2OS/c15-11-6-7-12(13(8-11)19-9-16)17-14(18)10-4-2-1-3-5-10/h1-8H,(H,17,18). The molecule has 2 aromatic rings. The highest BCUT2D eigenvalue weighted by atomic mass is 35.5. The van der Waals surface area contributed by atoms with Gasteiger partial charge in [0.15, 0.2) is 0 Å². The van der Waals surface area contributed by atoms with E-state index in [0.29, 0.717) is 21.2 Å². The van der Waals surface area contributed by atoms with Crippen LogP contribution in [0.5, 0.6) is 0 Å². The Bertz CT molecular complexity index is 638. The van der Waals surface area contributed by atoms with E-state index in [0.717, 1.165) is 11.8 Å². The van der Waals surface area contributed by atoms with Crippen molar-refractivity contribution in [2.75, 3.05) is 5.32 Å². The zero-order chi connectivity index (χ0) is 13.7. The van der Waals surface area contributed by atoms with Gasteiger partial charge < -0.3 is 5.32 Å². The Morgan fingerprint density at radius 1 is 1.21 bits per heavy atom. The van der Waals surface area contributed by atoms with E-state index in [1.165, 1.54) is 0 Å². The van der Waals surface area contributed by atoms with Gasteiger partial charge >= 0.3 is 0 Å². The molecule has 0 bridgehead atoms. The summed E-state index contributed by atoms with van der Waals surface area (Å²) in [6, 6.07) is 13.9. The highest BCUT2D eigenvalue weighted by Crippen LogP contribution is 2.29. The van der Waals surface area contributed by atoms with E-state index in [2.05, 4.69) is 5.32 Å². The summed E-state index contributed by atoms with van der Waals surface area (Å²) >= 11 is 6.83. The van der Waals surface area contributed by atoms with Crippen molar-refractivity contribution in [2.45, 2.75) is 4.90 Å². The van der Waals surface area contributed by atoms with Gasteiger partial charge in [-0.25, -0.2) is 0 Å². The van der Waals surface area contributed by atoms with E-state index < -0.39 is 0 Å². The summed E-state index contributed by atoms with van der Waals surface area (Å²) in [5.74, 6) is -0.220. The van der Waals surface area contributed by atoms with Crippen molar-refractivity contribution in [1.82, 2.24) is 0 Å². The molecule has 2 rings (SSSR count). The van der Waals surface area contributed by atoms with Gasteiger partial charge in [-0.2, -0.15) is 5.26 Å². The fraction of sp³-hybridized carbons (Fsp3) is 0. The average molecular weight is 289 g/mol. The lowest BCUT2D eigenvalue weighted by Gasteiger charge is -2.09. The molecule has 2 aromatic carbocycles. The van der Waals surface area contributed by atoms with Crippen molar-refractivity contribution < 1.29 is 4.79 Å². The van der Waals surface area contributed by atoms with Crippen LogP contribution in [0.4, 0.5) is 5.69 Å². The van der Waals surface area contributed by atoms with E-state index in [9.17, 15) is 4.79 Å². The number of rotatable bonds is 3. The molecule has 0 unspecified atom stereocenters. The van der Waals surface area contributed by atoms with E-state index in [-0.39, 0.29) is 5.91 Å². The number of anilines is 1. The molecule has 94 valence electrons. The molecule has 0 spiro atoms. The third-order valence-electron chi connectivity index (χ3n) is 2.38. The van der Waals surface area contributed by atoms with Crippen LogP contribution in [-0.4, -0.2) is 5.91 Å². The summed E-state index contributed by atoms with van der Waals surface area (Å²) in [7, 11) is 0. The van der Waals surface area contributed by atoms with Crippen molar-refractivity contribution in [1.29, 1.82) is 5.26 Å². The summed E-state index contributed by atoms with van der Waals surface area (Å²) in [6.07, 6.45) is 0. The molecule has 0 aliphatic rings. The van der Waals surface area contributed by atoms with Crippen LogP contribution < -0.4 is 5.32 Å². The number of amides is 1. The van der Waals surface area contributed by atoms with Gasteiger partial charge in [-0.1, -0.05) is 29.8 Å². The third-order valence-corrected chi connectivity index (χ3v) is 3.27. The number of carbonyl (C=O) groups excluding carboxylic acids is 1. The summed E-state index contributed by atoms with van der Waals surface area (Å²) < 4.78 is 0. The van der Waals surface area contributed by atoms with Gasteiger partial charge in [0.2, 0.25) is 0 Å².